The highest BCUT2D eigenvalue weighted by atomic mass is 16.5. The van der Waals surface area contributed by atoms with Crippen molar-refractivity contribution in [3.63, 3.8) is 0 Å². The lowest BCUT2D eigenvalue weighted by Crippen LogP contribution is -2.05. The maximum atomic E-state index is 8.46. The summed E-state index contributed by atoms with van der Waals surface area (Å²) in [5.74, 6) is 0. The van der Waals surface area contributed by atoms with Crippen molar-refractivity contribution in [2.75, 3.05) is 0 Å². The summed E-state index contributed by atoms with van der Waals surface area (Å²) < 4.78 is 0. The molecule has 0 spiro atoms. The molecule has 0 fully saturated rings. The normalized spacial score (nSPS) is 18.6. The molecule has 0 radical (unpaired) electrons. The molecule has 0 amide bonds. The Kier molecular flexibility index (Phi) is 2.33. The van der Waals surface area contributed by atoms with Crippen LogP contribution in [0.5, 0.6) is 0 Å². The van der Waals surface area contributed by atoms with Gasteiger partial charge in [0.25, 0.3) is 0 Å². The van der Waals surface area contributed by atoms with Crippen LogP contribution < -0.4 is 5.48 Å². The van der Waals surface area contributed by atoms with E-state index in [-0.39, 0.29) is 0 Å². The molecule has 0 heterocycles. The topological polar surface area (TPSA) is 32.3 Å². The summed E-state index contributed by atoms with van der Waals surface area (Å²) in [5.41, 5.74) is 3.06. The van der Waals surface area contributed by atoms with E-state index in [2.05, 4.69) is 11.6 Å². The third kappa shape index (κ3) is 1.90. The van der Waals surface area contributed by atoms with Gasteiger partial charge < -0.3 is 0 Å². The highest BCUT2D eigenvalue weighted by Crippen LogP contribution is 2.08. The largest absolute Gasteiger partial charge is 0.291 e. The Morgan fingerprint density at radius 2 is 2.44 bits per heavy atom. The average Bonchev–Trinajstić information content (AvgIpc) is 2.13. The van der Waals surface area contributed by atoms with Gasteiger partial charge in [0.1, 0.15) is 0 Å². The Labute approximate surface area is 54.8 Å². The molecule has 0 unspecified atom stereocenters. The summed E-state index contributed by atoms with van der Waals surface area (Å²) >= 11 is 0. The lowest BCUT2D eigenvalue weighted by Gasteiger charge is -1.99. The Morgan fingerprint density at radius 3 is 3.22 bits per heavy atom. The maximum Gasteiger partial charge on any atom is 0.0376 e. The third-order valence-corrected chi connectivity index (χ3v) is 1.39. The van der Waals surface area contributed by atoms with Gasteiger partial charge in [0.15, 0.2) is 0 Å². The molecule has 9 heavy (non-hydrogen) atoms. The van der Waals surface area contributed by atoms with Crippen LogP contribution in [0.15, 0.2) is 23.9 Å². The molecule has 1 aliphatic carbocycles. The zero-order valence-corrected chi connectivity index (χ0v) is 5.30. The lowest BCUT2D eigenvalue weighted by molar-refractivity contribution is 0.196. The molecule has 0 aromatic heterocycles. The Morgan fingerprint density at radius 1 is 1.56 bits per heavy atom. The second-order valence-corrected chi connectivity index (χ2v) is 2.12. The fourth-order valence-electron chi connectivity index (χ4n) is 0.867. The Hall–Kier alpha value is -0.760. The fraction of sp³-hybridized carbons (Fsp3) is 0.429. The van der Waals surface area contributed by atoms with E-state index in [0.29, 0.717) is 0 Å². The van der Waals surface area contributed by atoms with Crippen molar-refractivity contribution in [3.8, 4) is 0 Å². The van der Waals surface area contributed by atoms with Gasteiger partial charge in [-0.1, -0.05) is 12.2 Å². The highest BCUT2D eigenvalue weighted by Gasteiger charge is 1.94. The fourth-order valence-corrected chi connectivity index (χ4v) is 0.867. The van der Waals surface area contributed by atoms with Crippen LogP contribution in [-0.4, -0.2) is 5.21 Å². The van der Waals surface area contributed by atoms with Gasteiger partial charge in [-0.05, 0) is 25.3 Å². The van der Waals surface area contributed by atoms with E-state index >= 15 is 0 Å². The predicted molar refractivity (Wildman–Crippen MR) is 36.0 cm³/mol. The number of allylic oxidation sites excluding steroid dienone is 4. The van der Waals surface area contributed by atoms with Crippen LogP contribution in [0, 0.1) is 0 Å². The monoisotopic (exact) mass is 125 g/mol. The first kappa shape index (κ1) is 6.36. The second kappa shape index (κ2) is 3.30. The van der Waals surface area contributed by atoms with E-state index in [1.807, 2.05) is 12.2 Å². The zero-order valence-electron chi connectivity index (χ0n) is 5.30. The molecule has 2 N–H and O–H groups in total. The molecular formula is C7H11NO. The van der Waals surface area contributed by atoms with Gasteiger partial charge in [0.2, 0.25) is 0 Å². The van der Waals surface area contributed by atoms with E-state index in [1.54, 1.807) is 0 Å². The third-order valence-electron chi connectivity index (χ3n) is 1.39. The van der Waals surface area contributed by atoms with Gasteiger partial charge in [-0.2, -0.15) is 0 Å². The van der Waals surface area contributed by atoms with E-state index in [0.717, 1.165) is 25.0 Å². The minimum atomic E-state index is 0.906. The first-order valence-electron chi connectivity index (χ1n) is 3.19. The zero-order chi connectivity index (χ0) is 6.53. The second-order valence-electron chi connectivity index (χ2n) is 2.12. The molecule has 2 heteroatoms. The quantitative estimate of drug-likeness (QED) is 0.521. The van der Waals surface area contributed by atoms with Crippen molar-refractivity contribution in [1.82, 2.24) is 5.48 Å². The number of nitrogens with one attached hydrogen (secondary N) is 1. The van der Waals surface area contributed by atoms with Crippen molar-refractivity contribution < 1.29 is 5.21 Å². The summed E-state index contributed by atoms with van der Waals surface area (Å²) in [7, 11) is 0. The van der Waals surface area contributed by atoms with Gasteiger partial charge in [0, 0.05) is 5.70 Å². The standard InChI is InChI=1S/C7H11NO/c9-8-7-5-3-1-2-4-6-7/h1,3,5,8-9H,2,4,6H2. The summed E-state index contributed by atoms with van der Waals surface area (Å²) in [6.07, 6.45) is 9.14. The molecule has 1 rings (SSSR count). The number of rotatable bonds is 1. The van der Waals surface area contributed by atoms with Crippen molar-refractivity contribution in [2.24, 2.45) is 0 Å². The van der Waals surface area contributed by atoms with Crippen LogP contribution in [0.3, 0.4) is 0 Å². The van der Waals surface area contributed by atoms with Crippen LogP contribution >= 0.6 is 0 Å². The summed E-state index contributed by atoms with van der Waals surface area (Å²) in [4.78, 5) is 0. The molecule has 50 valence electrons. The van der Waals surface area contributed by atoms with Crippen molar-refractivity contribution in [1.29, 1.82) is 0 Å². The molecule has 0 atom stereocenters. The van der Waals surface area contributed by atoms with Crippen molar-refractivity contribution in [2.45, 2.75) is 19.3 Å². The van der Waals surface area contributed by atoms with Crippen LogP contribution in [0.4, 0.5) is 0 Å². The highest BCUT2D eigenvalue weighted by molar-refractivity contribution is 5.12. The smallest absolute Gasteiger partial charge is 0.0376 e. The molecule has 0 saturated heterocycles. The summed E-state index contributed by atoms with van der Waals surface area (Å²) in [6, 6.07) is 0. The van der Waals surface area contributed by atoms with Gasteiger partial charge in [0.05, 0.1) is 0 Å². The maximum absolute atomic E-state index is 8.46. The van der Waals surface area contributed by atoms with Crippen LogP contribution in [0.25, 0.3) is 0 Å². The minimum Gasteiger partial charge on any atom is -0.291 e. The molecule has 0 aliphatic heterocycles. The molecule has 0 aromatic rings. The number of hydroxylamine groups is 1. The number of hydrogen-bond acceptors (Lipinski definition) is 2. The van der Waals surface area contributed by atoms with E-state index in [1.165, 1.54) is 0 Å². The van der Waals surface area contributed by atoms with Gasteiger partial charge >= 0.3 is 0 Å². The molecule has 2 nitrogen and oxygen atoms in total. The first-order chi connectivity index (χ1) is 4.43. The molecule has 0 aromatic carbocycles. The van der Waals surface area contributed by atoms with Gasteiger partial charge in [-0.25, -0.2) is 0 Å². The van der Waals surface area contributed by atoms with E-state index < -0.39 is 0 Å². The average molecular weight is 125 g/mol. The Bertz CT molecular complexity index is 138. The van der Waals surface area contributed by atoms with Gasteiger partial charge in [-0.3, -0.25) is 10.7 Å². The lowest BCUT2D eigenvalue weighted by atomic mass is 10.2. The SMILES string of the molecule is ONC1=CC=CCCC1. The molecule has 0 saturated carbocycles. The van der Waals surface area contributed by atoms with E-state index in [4.69, 9.17) is 5.21 Å². The summed E-state index contributed by atoms with van der Waals surface area (Å²) in [6.45, 7) is 0. The van der Waals surface area contributed by atoms with Crippen LogP contribution in [0.2, 0.25) is 0 Å². The van der Waals surface area contributed by atoms with Crippen LogP contribution in [0.1, 0.15) is 19.3 Å². The first-order valence-corrected chi connectivity index (χ1v) is 3.19. The molecular weight excluding hydrogens is 114 g/mol. The van der Waals surface area contributed by atoms with Gasteiger partial charge in [-0.15, -0.1) is 0 Å². The predicted octanol–water partition coefficient (Wildman–Crippen LogP) is 1.59. The molecule has 1 aliphatic rings. The minimum absolute atomic E-state index is 0.906. The summed E-state index contributed by atoms with van der Waals surface area (Å²) in [5, 5.41) is 8.46. The van der Waals surface area contributed by atoms with Crippen LogP contribution in [-0.2, 0) is 0 Å². The van der Waals surface area contributed by atoms with Crippen molar-refractivity contribution in [3.05, 3.63) is 23.9 Å². The Balaban J connectivity index is 2.49. The molecule has 0 bridgehead atoms. The number of hydrogen-bond donors (Lipinski definition) is 2. The van der Waals surface area contributed by atoms with E-state index in [9.17, 15) is 0 Å². The van der Waals surface area contributed by atoms with Crippen molar-refractivity contribution >= 4 is 0 Å².